The van der Waals surface area contributed by atoms with E-state index in [1.165, 1.54) is 24.0 Å². The summed E-state index contributed by atoms with van der Waals surface area (Å²) in [6.45, 7) is 0. The highest BCUT2D eigenvalue weighted by molar-refractivity contribution is 5.85. The van der Waals surface area contributed by atoms with Gasteiger partial charge in [0.2, 0.25) is 5.43 Å². The smallest absolute Gasteiger partial charge is 0.250 e. The Kier molecular flexibility index (Phi) is 4.44. The molecule has 0 heterocycles. The maximum absolute atomic E-state index is 12.3. The number of rotatable bonds is 5. The highest BCUT2D eigenvalue weighted by Gasteiger charge is 2.23. The molecule has 5 heteroatoms. The van der Waals surface area contributed by atoms with Crippen LogP contribution in [0.5, 0.6) is 11.5 Å². The maximum Gasteiger partial charge on any atom is 0.250 e. The molecular weight excluding hydrogens is 342 g/mol. The molecule has 3 aromatic carbocycles. The zero-order valence-corrected chi connectivity index (χ0v) is 15.4. The summed E-state index contributed by atoms with van der Waals surface area (Å²) in [5.74, 6) is 1.15. The van der Waals surface area contributed by atoms with Crippen molar-refractivity contribution < 1.29 is 9.47 Å². The number of hydrogen-bond acceptors (Lipinski definition) is 5. The Morgan fingerprint density at radius 3 is 2.30 bits per heavy atom. The van der Waals surface area contributed by atoms with Gasteiger partial charge in [-0.3, -0.25) is 9.59 Å². The zero-order valence-electron chi connectivity index (χ0n) is 15.4. The van der Waals surface area contributed by atoms with E-state index in [1.807, 2.05) is 6.07 Å². The largest absolute Gasteiger partial charge is 0.493 e. The SMILES string of the molecule is COc1ccc(Nc2c(-c3ccc4c(c3)CCCC4)c(=O)c2=O)cc1OC. The molecule has 0 aliphatic heterocycles. The van der Waals surface area contributed by atoms with Gasteiger partial charge in [-0.15, -0.1) is 0 Å². The lowest BCUT2D eigenvalue weighted by Crippen LogP contribution is -2.35. The van der Waals surface area contributed by atoms with Crippen molar-refractivity contribution in [2.24, 2.45) is 0 Å². The van der Waals surface area contributed by atoms with Crippen LogP contribution >= 0.6 is 0 Å². The van der Waals surface area contributed by atoms with Gasteiger partial charge in [0.05, 0.1) is 19.8 Å². The van der Waals surface area contributed by atoms with Crippen LogP contribution in [0.4, 0.5) is 11.4 Å². The molecule has 1 aliphatic rings. The summed E-state index contributed by atoms with van der Waals surface area (Å²) in [5.41, 5.74) is 3.97. The number of ether oxygens (including phenoxy) is 2. The molecule has 138 valence electrons. The van der Waals surface area contributed by atoms with Gasteiger partial charge in [-0.2, -0.15) is 0 Å². The number of anilines is 2. The molecular formula is C22H21NO4. The lowest BCUT2D eigenvalue weighted by atomic mass is 9.88. The quantitative estimate of drug-likeness (QED) is 0.702. The third-order valence-corrected chi connectivity index (χ3v) is 5.20. The van der Waals surface area contributed by atoms with Crippen molar-refractivity contribution in [3.05, 3.63) is 68.0 Å². The van der Waals surface area contributed by atoms with Crippen LogP contribution in [-0.4, -0.2) is 14.2 Å². The molecule has 3 aromatic rings. The van der Waals surface area contributed by atoms with Crippen LogP contribution in [0.15, 0.2) is 46.0 Å². The molecule has 27 heavy (non-hydrogen) atoms. The molecule has 0 spiro atoms. The average molecular weight is 363 g/mol. The molecule has 0 saturated heterocycles. The van der Waals surface area contributed by atoms with Gasteiger partial charge in [0.15, 0.2) is 11.5 Å². The van der Waals surface area contributed by atoms with Crippen molar-refractivity contribution >= 4 is 11.4 Å². The minimum Gasteiger partial charge on any atom is -0.493 e. The summed E-state index contributed by atoms with van der Waals surface area (Å²) >= 11 is 0. The minimum atomic E-state index is -0.488. The van der Waals surface area contributed by atoms with Crippen LogP contribution in [0.2, 0.25) is 0 Å². The summed E-state index contributed by atoms with van der Waals surface area (Å²) in [6.07, 6.45) is 4.48. The van der Waals surface area contributed by atoms with Crippen molar-refractivity contribution in [1.82, 2.24) is 0 Å². The molecule has 0 amide bonds. The van der Waals surface area contributed by atoms with Gasteiger partial charge in [0, 0.05) is 11.8 Å². The first-order valence-corrected chi connectivity index (χ1v) is 9.07. The van der Waals surface area contributed by atoms with Gasteiger partial charge in [-0.25, -0.2) is 0 Å². The van der Waals surface area contributed by atoms with E-state index in [1.54, 1.807) is 32.4 Å². The van der Waals surface area contributed by atoms with Gasteiger partial charge < -0.3 is 14.8 Å². The van der Waals surface area contributed by atoms with Crippen molar-refractivity contribution in [3.8, 4) is 22.6 Å². The second-order valence-corrected chi connectivity index (χ2v) is 6.79. The summed E-state index contributed by atoms with van der Waals surface area (Å²) in [6, 6.07) is 11.4. The molecule has 0 saturated carbocycles. The molecule has 0 aromatic heterocycles. The molecule has 5 nitrogen and oxygen atoms in total. The lowest BCUT2D eigenvalue weighted by molar-refractivity contribution is 0.355. The topological polar surface area (TPSA) is 64.6 Å². The average Bonchev–Trinajstić information content (AvgIpc) is 2.72. The molecule has 0 atom stereocenters. The molecule has 0 bridgehead atoms. The number of hydrogen-bond donors (Lipinski definition) is 1. The zero-order chi connectivity index (χ0) is 19.0. The molecule has 4 rings (SSSR count). The summed E-state index contributed by atoms with van der Waals surface area (Å²) in [4.78, 5) is 24.5. The van der Waals surface area contributed by atoms with Crippen molar-refractivity contribution in [2.75, 3.05) is 19.5 Å². The third-order valence-electron chi connectivity index (χ3n) is 5.20. The first-order chi connectivity index (χ1) is 13.1. The summed E-state index contributed by atoms with van der Waals surface area (Å²) in [5, 5.41) is 3.09. The van der Waals surface area contributed by atoms with E-state index in [-0.39, 0.29) is 0 Å². The normalized spacial score (nSPS) is 13.3. The number of nitrogens with one attached hydrogen (secondary N) is 1. The number of benzene rings is 2. The molecule has 0 fully saturated rings. The van der Waals surface area contributed by atoms with Crippen molar-refractivity contribution in [2.45, 2.75) is 25.7 Å². The predicted octanol–water partition coefficient (Wildman–Crippen LogP) is 3.59. The Bertz CT molecular complexity index is 1080. The van der Waals surface area contributed by atoms with Crippen molar-refractivity contribution in [1.29, 1.82) is 0 Å². The fourth-order valence-corrected chi connectivity index (χ4v) is 3.73. The Morgan fingerprint density at radius 2 is 1.56 bits per heavy atom. The predicted molar refractivity (Wildman–Crippen MR) is 106 cm³/mol. The van der Waals surface area contributed by atoms with E-state index >= 15 is 0 Å². The summed E-state index contributed by atoms with van der Waals surface area (Å²) < 4.78 is 10.5. The molecule has 0 unspecified atom stereocenters. The van der Waals surface area contributed by atoms with Gasteiger partial charge in [0.1, 0.15) is 5.69 Å². The molecule has 0 radical (unpaired) electrons. The number of methoxy groups -OCH3 is 2. The van der Waals surface area contributed by atoms with Crippen LogP contribution in [0, 0.1) is 0 Å². The lowest BCUT2D eigenvalue weighted by Gasteiger charge is -2.19. The number of aryl methyl sites for hydroxylation is 2. The van der Waals surface area contributed by atoms with Gasteiger partial charge >= 0.3 is 0 Å². The highest BCUT2D eigenvalue weighted by atomic mass is 16.5. The maximum atomic E-state index is 12.3. The Morgan fingerprint density at radius 1 is 0.815 bits per heavy atom. The highest BCUT2D eigenvalue weighted by Crippen LogP contribution is 2.34. The Balaban J connectivity index is 1.69. The monoisotopic (exact) mass is 363 g/mol. The third kappa shape index (κ3) is 2.99. The fourth-order valence-electron chi connectivity index (χ4n) is 3.73. The van der Waals surface area contributed by atoms with E-state index in [0.717, 1.165) is 18.4 Å². The standard InChI is InChI=1S/C22H21NO4/c1-26-17-10-9-16(12-18(17)27-2)23-20-19(21(24)22(20)25)15-8-7-13-5-3-4-6-14(13)11-15/h7-12,23H,3-6H2,1-2H3. The first-order valence-electron chi connectivity index (χ1n) is 9.07. The van der Waals surface area contributed by atoms with Crippen LogP contribution in [0.25, 0.3) is 11.1 Å². The van der Waals surface area contributed by atoms with E-state index in [9.17, 15) is 9.59 Å². The van der Waals surface area contributed by atoms with Crippen LogP contribution in [0.1, 0.15) is 24.0 Å². The molecule has 1 N–H and O–H groups in total. The van der Waals surface area contributed by atoms with E-state index in [4.69, 9.17) is 9.47 Å². The number of fused-ring (bicyclic) bond motifs is 1. The minimum absolute atomic E-state index is 0.336. The Hall–Kier alpha value is -3.08. The van der Waals surface area contributed by atoms with E-state index < -0.39 is 10.9 Å². The van der Waals surface area contributed by atoms with E-state index in [2.05, 4.69) is 17.4 Å². The van der Waals surface area contributed by atoms with Crippen molar-refractivity contribution in [3.63, 3.8) is 0 Å². The van der Waals surface area contributed by atoms with Gasteiger partial charge in [0.25, 0.3) is 5.43 Å². The Labute approximate surface area is 157 Å². The van der Waals surface area contributed by atoms with Gasteiger partial charge in [-0.05, 0) is 54.5 Å². The second kappa shape index (κ2) is 6.91. The van der Waals surface area contributed by atoms with Gasteiger partial charge in [-0.1, -0.05) is 18.2 Å². The fraction of sp³-hybridized carbons (Fsp3) is 0.273. The summed E-state index contributed by atoms with van der Waals surface area (Å²) in [7, 11) is 3.12. The van der Waals surface area contributed by atoms with Crippen LogP contribution < -0.4 is 25.6 Å². The molecule has 1 aliphatic carbocycles. The van der Waals surface area contributed by atoms with E-state index in [0.29, 0.717) is 28.4 Å². The first kappa shape index (κ1) is 17.3. The van der Waals surface area contributed by atoms with Crippen LogP contribution in [0.3, 0.4) is 0 Å². The second-order valence-electron chi connectivity index (χ2n) is 6.79. The van der Waals surface area contributed by atoms with Crippen LogP contribution in [-0.2, 0) is 12.8 Å².